The molecule has 0 amide bonds. The molecule has 0 bridgehead atoms. The highest BCUT2D eigenvalue weighted by Crippen LogP contribution is 2.34. The maximum Gasteiger partial charge on any atom is 0.328 e. The number of aliphatic carboxylic acids is 2. The van der Waals surface area contributed by atoms with Crippen LogP contribution in [0, 0.1) is 0 Å². The van der Waals surface area contributed by atoms with Crippen molar-refractivity contribution in [2.45, 2.75) is 31.4 Å². The van der Waals surface area contributed by atoms with Crippen LogP contribution in [0.3, 0.4) is 0 Å². The maximum atomic E-state index is 9.55. The largest absolute Gasteiger partial charge is 0.478 e. The van der Waals surface area contributed by atoms with Crippen LogP contribution in [0.5, 0.6) is 0 Å². The van der Waals surface area contributed by atoms with E-state index in [-0.39, 0.29) is 5.72 Å². The van der Waals surface area contributed by atoms with E-state index in [2.05, 4.69) is 4.99 Å². The van der Waals surface area contributed by atoms with Crippen molar-refractivity contribution in [3.63, 3.8) is 0 Å². The molecule has 0 aliphatic carbocycles. The van der Waals surface area contributed by atoms with Gasteiger partial charge in [0.05, 0.1) is 0 Å². The quantitative estimate of drug-likeness (QED) is 0.651. The molecule has 2 rings (SSSR count). The zero-order valence-electron chi connectivity index (χ0n) is 10.9. The van der Waals surface area contributed by atoms with Crippen molar-refractivity contribution in [2.75, 3.05) is 12.4 Å². The summed E-state index contributed by atoms with van der Waals surface area (Å²) in [6.07, 6.45) is 5.59. The Hall–Kier alpha value is -1.54. The van der Waals surface area contributed by atoms with Gasteiger partial charge in [-0.25, -0.2) is 14.6 Å². The highest BCUT2D eigenvalue weighted by atomic mass is 32.2. The number of hydrogen-bond acceptors (Lipinski definition) is 6. The summed E-state index contributed by atoms with van der Waals surface area (Å²) in [6.45, 7) is 0.849. The fraction of sp³-hybridized carbons (Fsp3) is 0.583. The standard InChI is InChI=1S/C8H14N2OS.C4H4O4/c9-7-10-8(4-6-12-7)3-1-2-5-11-8;5-3(6)1-2-4(7)8/h1-6H2,(H2,9,10);1-2H,(H,5,6)(H,7,8)/b;2-1-. The third-order valence-electron chi connectivity index (χ3n) is 2.76. The predicted molar refractivity (Wildman–Crippen MR) is 75.6 cm³/mol. The molecular formula is C12H18N2O5S. The summed E-state index contributed by atoms with van der Waals surface area (Å²) < 4.78 is 5.70. The van der Waals surface area contributed by atoms with Gasteiger partial charge in [-0.15, -0.1) is 0 Å². The minimum absolute atomic E-state index is 0.229. The van der Waals surface area contributed by atoms with Crippen LogP contribution < -0.4 is 5.73 Å². The first-order chi connectivity index (χ1) is 9.43. The third kappa shape index (κ3) is 6.07. The third-order valence-corrected chi connectivity index (χ3v) is 3.55. The van der Waals surface area contributed by atoms with Crippen molar-refractivity contribution >= 4 is 28.9 Å². The monoisotopic (exact) mass is 302 g/mol. The van der Waals surface area contributed by atoms with Crippen LogP contribution >= 0.6 is 11.8 Å². The molecule has 2 heterocycles. The normalized spacial score (nSPS) is 25.7. The molecule has 4 N–H and O–H groups in total. The van der Waals surface area contributed by atoms with Crippen LogP contribution in [0.25, 0.3) is 0 Å². The van der Waals surface area contributed by atoms with Crippen molar-refractivity contribution in [2.24, 2.45) is 10.7 Å². The summed E-state index contributed by atoms with van der Waals surface area (Å²) >= 11 is 1.63. The summed E-state index contributed by atoms with van der Waals surface area (Å²) in [5, 5.41) is 16.3. The van der Waals surface area contributed by atoms with Crippen LogP contribution in [0.15, 0.2) is 17.1 Å². The van der Waals surface area contributed by atoms with Gasteiger partial charge in [-0.05, 0) is 19.3 Å². The molecule has 112 valence electrons. The lowest BCUT2D eigenvalue weighted by Crippen LogP contribution is -2.39. The molecule has 1 atom stereocenters. The van der Waals surface area contributed by atoms with Gasteiger partial charge < -0.3 is 20.7 Å². The minimum Gasteiger partial charge on any atom is -0.478 e. The average Bonchev–Trinajstić information content (AvgIpc) is 2.38. The van der Waals surface area contributed by atoms with Crippen LogP contribution in [-0.4, -0.2) is 45.4 Å². The second-order valence-electron chi connectivity index (χ2n) is 4.31. The van der Waals surface area contributed by atoms with E-state index in [4.69, 9.17) is 20.7 Å². The number of hydrogen-bond donors (Lipinski definition) is 3. The van der Waals surface area contributed by atoms with Crippen molar-refractivity contribution in [3.8, 4) is 0 Å². The number of thioether (sulfide) groups is 1. The minimum atomic E-state index is -1.26. The smallest absolute Gasteiger partial charge is 0.328 e. The van der Waals surface area contributed by atoms with E-state index < -0.39 is 11.9 Å². The Morgan fingerprint density at radius 3 is 2.35 bits per heavy atom. The van der Waals surface area contributed by atoms with Crippen LogP contribution in [0.1, 0.15) is 25.7 Å². The number of carboxylic acid groups (broad SMARTS) is 2. The first-order valence-electron chi connectivity index (χ1n) is 6.19. The van der Waals surface area contributed by atoms with Crippen molar-refractivity contribution in [1.82, 2.24) is 0 Å². The Morgan fingerprint density at radius 2 is 1.90 bits per heavy atom. The van der Waals surface area contributed by atoms with E-state index in [1.807, 2.05) is 0 Å². The number of carbonyl (C=O) groups is 2. The summed E-state index contributed by atoms with van der Waals surface area (Å²) in [6, 6.07) is 0. The number of aliphatic imine (C=N–C) groups is 1. The molecule has 1 unspecified atom stereocenters. The average molecular weight is 302 g/mol. The lowest BCUT2D eigenvalue weighted by Gasteiger charge is -2.36. The second kappa shape index (κ2) is 7.91. The molecule has 2 aliphatic rings. The van der Waals surface area contributed by atoms with Crippen molar-refractivity contribution in [3.05, 3.63) is 12.2 Å². The maximum absolute atomic E-state index is 9.55. The molecule has 8 heteroatoms. The van der Waals surface area contributed by atoms with Crippen LogP contribution in [-0.2, 0) is 14.3 Å². The number of nitrogens with two attached hydrogens (primary N) is 1. The van der Waals surface area contributed by atoms with Crippen molar-refractivity contribution in [1.29, 1.82) is 0 Å². The van der Waals surface area contributed by atoms with Gasteiger partial charge in [0, 0.05) is 30.9 Å². The van der Waals surface area contributed by atoms with Crippen LogP contribution in [0.2, 0.25) is 0 Å². The molecule has 0 aromatic heterocycles. The van der Waals surface area contributed by atoms with Crippen molar-refractivity contribution < 1.29 is 24.5 Å². The molecule has 1 saturated heterocycles. The number of nitrogens with zero attached hydrogens (tertiary/aromatic N) is 1. The molecule has 0 aromatic carbocycles. The number of ether oxygens (including phenoxy) is 1. The van der Waals surface area contributed by atoms with E-state index in [1.54, 1.807) is 11.8 Å². The fourth-order valence-electron chi connectivity index (χ4n) is 1.87. The Labute approximate surface area is 120 Å². The first-order valence-corrected chi connectivity index (χ1v) is 7.18. The lowest BCUT2D eigenvalue weighted by molar-refractivity contribution is -0.134. The molecule has 0 radical (unpaired) electrons. The van der Waals surface area contributed by atoms with E-state index in [1.165, 1.54) is 12.8 Å². The van der Waals surface area contributed by atoms with Gasteiger partial charge in [-0.1, -0.05) is 11.8 Å². The number of carboxylic acids is 2. The van der Waals surface area contributed by atoms with Gasteiger partial charge >= 0.3 is 11.9 Å². The van der Waals surface area contributed by atoms with Gasteiger partial charge in [0.2, 0.25) is 0 Å². The second-order valence-corrected chi connectivity index (χ2v) is 5.43. The molecule has 1 fully saturated rings. The zero-order valence-corrected chi connectivity index (χ0v) is 11.8. The van der Waals surface area contributed by atoms with E-state index >= 15 is 0 Å². The first kappa shape index (κ1) is 16.5. The summed E-state index contributed by atoms with van der Waals surface area (Å²) in [5.74, 6) is -1.46. The molecule has 7 nitrogen and oxygen atoms in total. The molecule has 2 aliphatic heterocycles. The molecule has 0 aromatic rings. The topological polar surface area (TPSA) is 122 Å². The van der Waals surface area contributed by atoms with Gasteiger partial charge in [0.25, 0.3) is 0 Å². The molecule has 20 heavy (non-hydrogen) atoms. The van der Waals surface area contributed by atoms with Crippen LogP contribution in [0.4, 0.5) is 0 Å². The predicted octanol–water partition coefficient (Wildman–Crippen LogP) is 1.05. The summed E-state index contributed by atoms with van der Waals surface area (Å²) in [5.41, 5.74) is 5.44. The summed E-state index contributed by atoms with van der Waals surface area (Å²) in [7, 11) is 0. The van der Waals surface area contributed by atoms with E-state index in [0.29, 0.717) is 17.3 Å². The van der Waals surface area contributed by atoms with Gasteiger partial charge in [0.15, 0.2) is 10.9 Å². The zero-order chi connectivity index (χ0) is 15.0. The Morgan fingerprint density at radius 1 is 1.25 bits per heavy atom. The molecule has 1 spiro atoms. The fourth-order valence-corrected chi connectivity index (χ4v) is 2.73. The number of amidine groups is 1. The van der Waals surface area contributed by atoms with Gasteiger partial charge in [-0.2, -0.15) is 0 Å². The summed E-state index contributed by atoms with van der Waals surface area (Å²) in [4.78, 5) is 23.5. The highest BCUT2D eigenvalue weighted by molar-refractivity contribution is 8.13. The molecule has 0 saturated carbocycles. The van der Waals surface area contributed by atoms with Gasteiger partial charge in [0.1, 0.15) is 0 Å². The molecular weight excluding hydrogens is 284 g/mol. The highest BCUT2D eigenvalue weighted by Gasteiger charge is 2.34. The van der Waals surface area contributed by atoms with E-state index in [9.17, 15) is 9.59 Å². The number of rotatable bonds is 2. The Bertz CT molecular complexity index is 400. The van der Waals surface area contributed by atoms with E-state index in [0.717, 1.165) is 25.2 Å². The van der Waals surface area contributed by atoms with Gasteiger partial charge in [-0.3, -0.25) is 0 Å². The lowest BCUT2D eigenvalue weighted by atomic mass is 10.0. The Kier molecular flexibility index (Phi) is 6.53. The SMILES string of the molecule is NC1=NC2(CCCCO2)CCS1.O=C(O)/C=C\C(=O)O. The Balaban J connectivity index is 0.000000221.